The third-order valence-electron chi connectivity index (χ3n) is 5.46. The van der Waals surface area contributed by atoms with Crippen LogP contribution in [0.3, 0.4) is 0 Å². The average Bonchev–Trinajstić information content (AvgIpc) is 2.74. The first-order chi connectivity index (χ1) is 16.8. The fraction of sp³-hybridized carbons (Fsp3) is 0.417. The zero-order valence-electron chi connectivity index (χ0n) is 18.8. The van der Waals surface area contributed by atoms with E-state index in [1.807, 2.05) is 6.92 Å². The summed E-state index contributed by atoms with van der Waals surface area (Å²) in [6.07, 6.45) is -7.67. The monoisotopic (exact) mass is 528 g/mol. The molecule has 12 heteroatoms. The van der Waals surface area contributed by atoms with Crippen molar-refractivity contribution in [1.29, 1.82) is 0 Å². The fourth-order valence-electron chi connectivity index (χ4n) is 3.85. The van der Waals surface area contributed by atoms with Crippen LogP contribution in [0.25, 0.3) is 0 Å². The van der Waals surface area contributed by atoms with Gasteiger partial charge in [0.25, 0.3) is 0 Å². The summed E-state index contributed by atoms with van der Waals surface area (Å²) < 4.78 is 137. The predicted octanol–water partition coefficient (Wildman–Crippen LogP) is 8.09. The quantitative estimate of drug-likeness (QED) is 0.256. The lowest BCUT2D eigenvalue weighted by Crippen LogP contribution is -2.26. The van der Waals surface area contributed by atoms with Gasteiger partial charge in [0.15, 0.2) is 17.4 Å². The van der Waals surface area contributed by atoms with Crippen molar-refractivity contribution in [3.63, 3.8) is 0 Å². The van der Waals surface area contributed by atoms with Crippen LogP contribution in [0.4, 0.5) is 39.5 Å². The van der Waals surface area contributed by atoms with Crippen LogP contribution in [-0.2, 0) is 10.8 Å². The maximum atomic E-state index is 14.6. The maximum absolute atomic E-state index is 14.6. The van der Waals surface area contributed by atoms with Crippen LogP contribution in [0.1, 0.15) is 49.8 Å². The first kappa shape index (κ1) is 27.7. The van der Waals surface area contributed by atoms with Crippen molar-refractivity contribution < 1.29 is 53.7 Å². The summed E-state index contributed by atoms with van der Waals surface area (Å²) >= 11 is 0. The molecule has 3 rings (SSSR count). The van der Waals surface area contributed by atoms with Gasteiger partial charge in [-0.1, -0.05) is 13.3 Å². The van der Waals surface area contributed by atoms with Gasteiger partial charge < -0.3 is 14.2 Å². The molecule has 2 aromatic rings. The summed E-state index contributed by atoms with van der Waals surface area (Å²) in [6, 6.07) is 1.71. The molecule has 2 aromatic carbocycles. The number of ether oxygens (including phenoxy) is 3. The second kappa shape index (κ2) is 11.0. The standard InChI is InChI=1S/C24H21F9O3/c1-2-3-13-4-5-20(35-12-13)14-8-16(25)21(17(26)9-14)24(32,33)36-15-10-18(27)22(19(28)11-15)34-7-6-23(29,30)31/h6-11,13,20H,2-5,12H2,1H3/b7-6+. The second-order valence-electron chi connectivity index (χ2n) is 8.21. The van der Waals surface area contributed by atoms with Crippen LogP contribution in [-0.4, -0.2) is 12.8 Å². The molecule has 1 fully saturated rings. The van der Waals surface area contributed by atoms with E-state index in [9.17, 15) is 39.5 Å². The van der Waals surface area contributed by atoms with E-state index in [1.165, 1.54) is 0 Å². The number of halogens is 9. The third kappa shape index (κ3) is 6.86. The number of hydrogen-bond acceptors (Lipinski definition) is 3. The van der Waals surface area contributed by atoms with Gasteiger partial charge in [-0.05, 0) is 42.9 Å². The Morgan fingerprint density at radius 1 is 0.917 bits per heavy atom. The zero-order chi connectivity index (χ0) is 26.7. The van der Waals surface area contributed by atoms with E-state index in [0.29, 0.717) is 31.1 Å². The summed E-state index contributed by atoms with van der Waals surface area (Å²) in [6.45, 7) is 2.38. The molecule has 0 spiro atoms. The molecule has 0 aliphatic carbocycles. The summed E-state index contributed by atoms with van der Waals surface area (Å²) in [5.74, 6) is -8.93. The van der Waals surface area contributed by atoms with E-state index in [1.54, 1.807) is 0 Å². The van der Waals surface area contributed by atoms with Crippen LogP contribution in [0.2, 0.25) is 0 Å². The SMILES string of the molecule is CCCC1CCC(c2cc(F)c(C(F)(F)Oc3cc(F)c(O/C=C/C(F)(F)F)c(F)c3)c(F)c2)OC1. The van der Waals surface area contributed by atoms with Crippen molar-refractivity contribution in [2.24, 2.45) is 5.92 Å². The Morgan fingerprint density at radius 2 is 1.53 bits per heavy atom. The molecule has 0 N–H and O–H groups in total. The summed E-state index contributed by atoms with van der Waals surface area (Å²) in [5, 5.41) is 0. The summed E-state index contributed by atoms with van der Waals surface area (Å²) in [4.78, 5) is 0. The van der Waals surface area contributed by atoms with Crippen LogP contribution in [0.5, 0.6) is 11.5 Å². The Kier molecular flexibility index (Phi) is 8.48. The van der Waals surface area contributed by atoms with E-state index >= 15 is 0 Å². The molecule has 2 unspecified atom stereocenters. The van der Waals surface area contributed by atoms with E-state index < -0.39 is 64.8 Å². The Hall–Kier alpha value is -2.89. The minimum atomic E-state index is -4.83. The maximum Gasteiger partial charge on any atom is 0.432 e. The van der Waals surface area contributed by atoms with Gasteiger partial charge in [-0.3, -0.25) is 0 Å². The van der Waals surface area contributed by atoms with E-state index in [0.717, 1.165) is 19.3 Å². The van der Waals surface area contributed by atoms with Gasteiger partial charge >= 0.3 is 12.3 Å². The first-order valence-electron chi connectivity index (χ1n) is 10.9. The molecule has 0 saturated carbocycles. The molecule has 0 amide bonds. The molecule has 1 heterocycles. The van der Waals surface area contributed by atoms with Gasteiger partial charge in [0.2, 0.25) is 0 Å². The van der Waals surface area contributed by atoms with Crippen molar-refractivity contribution in [2.75, 3.05) is 6.61 Å². The molecular formula is C24H21F9O3. The Morgan fingerprint density at radius 3 is 2.03 bits per heavy atom. The van der Waals surface area contributed by atoms with Gasteiger partial charge in [-0.2, -0.15) is 22.0 Å². The number of allylic oxidation sites excluding steroid dienone is 1. The lowest BCUT2D eigenvalue weighted by molar-refractivity contribution is -0.189. The largest absolute Gasteiger partial charge is 0.459 e. The van der Waals surface area contributed by atoms with Gasteiger partial charge in [0, 0.05) is 12.1 Å². The molecule has 0 bridgehead atoms. The topological polar surface area (TPSA) is 27.7 Å². The number of hydrogen-bond donors (Lipinski definition) is 0. The van der Waals surface area contributed by atoms with E-state index in [-0.39, 0.29) is 24.0 Å². The van der Waals surface area contributed by atoms with Gasteiger partial charge in [-0.25, -0.2) is 17.6 Å². The van der Waals surface area contributed by atoms with Crippen LogP contribution < -0.4 is 9.47 Å². The molecule has 36 heavy (non-hydrogen) atoms. The molecule has 198 valence electrons. The second-order valence-corrected chi connectivity index (χ2v) is 8.21. The molecule has 1 aliphatic rings. The van der Waals surface area contributed by atoms with Crippen molar-refractivity contribution in [1.82, 2.24) is 0 Å². The molecule has 3 nitrogen and oxygen atoms in total. The highest BCUT2D eigenvalue weighted by Crippen LogP contribution is 2.39. The molecular weight excluding hydrogens is 507 g/mol. The van der Waals surface area contributed by atoms with Crippen LogP contribution >= 0.6 is 0 Å². The molecule has 1 saturated heterocycles. The lowest BCUT2D eigenvalue weighted by Gasteiger charge is -2.29. The molecule has 0 radical (unpaired) electrons. The Labute approximate surface area is 200 Å². The highest BCUT2D eigenvalue weighted by molar-refractivity contribution is 5.37. The first-order valence-corrected chi connectivity index (χ1v) is 10.9. The normalized spacial score (nSPS) is 19.1. The minimum absolute atomic E-state index is 0.0185. The Balaban J connectivity index is 1.78. The van der Waals surface area contributed by atoms with Crippen molar-refractivity contribution in [3.05, 3.63) is 71.0 Å². The summed E-state index contributed by atoms with van der Waals surface area (Å²) in [7, 11) is 0. The van der Waals surface area contributed by atoms with Crippen molar-refractivity contribution in [3.8, 4) is 11.5 Å². The number of alkyl halides is 5. The molecule has 1 aliphatic heterocycles. The number of benzene rings is 2. The van der Waals surface area contributed by atoms with Crippen molar-refractivity contribution in [2.45, 2.75) is 51.0 Å². The number of rotatable bonds is 8. The third-order valence-corrected chi connectivity index (χ3v) is 5.46. The van der Waals surface area contributed by atoms with E-state index in [2.05, 4.69) is 9.47 Å². The van der Waals surface area contributed by atoms with Crippen LogP contribution in [0.15, 0.2) is 36.6 Å². The van der Waals surface area contributed by atoms with Crippen LogP contribution in [0, 0.1) is 29.2 Å². The zero-order valence-corrected chi connectivity index (χ0v) is 18.8. The van der Waals surface area contributed by atoms with E-state index in [4.69, 9.17) is 4.74 Å². The van der Waals surface area contributed by atoms with Gasteiger partial charge in [0.1, 0.15) is 22.9 Å². The highest BCUT2D eigenvalue weighted by atomic mass is 19.4. The predicted molar refractivity (Wildman–Crippen MR) is 109 cm³/mol. The minimum Gasteiger partial charge on any atom is -0.459 e. The van der Waals surface area contributed by atoms with Crippen molar-refractivity contribution >= 4 is 0 Å². The smallest absolute Gasteiger partial charge is 0.432 e. The highest BCUT2D eigenvalue weighted by Gasteiger charge is 2.42. The average molecular weight is 528 g/mol. The molecule has 2 atom stereocenters. The lowest BCUT2D eigenvalue weighted by atomic mass is 9.91. The van der Waals surface area contributed by atoms with Gasteiger partial charge in [0.05, 0.1) is 25.0 Å². The van der Waals surface area contributed by atoms with Gasteiger partial charge in [-0.15, -0.1) is 0 Å². The fourth-order valence-corrected chi connectivity index (χ4v) is 3.85. The summed E-state index contributed by atoms with van der Waals surface area (Å²) in [5.41, 5.74) is -1.77. The Bertz CT molecular complexity index is 1040. The molecule has 0 aromatic heterocycles.